The molecule has 164 valence electrons. The molecule has 4 aliphatic rings. The first kappa shape index (κ1) is 21.0. The molecule has 1 aliphatic heterocycles. The fraction of sp³-hybridized carbons (Fsp3) is 0.167. The number of hydrogen-bond acceptors (Lipinski definition) is 4. The number of non-ortho nitro benzene ring substituents is 1. The lowest BCUT2D eigenvalue weighted by Gasteiger charge is -2.55. The maximum Gasteiger partial charge on any atom is 0.271 e. The minimum absolute atomic E-state index is 0.0231. The third kappa shape index (κ3) is 2.39. The van der Waals surface area contributed by atoms with E-state index in [2.05, 4.69) is 31.9 Å². The van der Waals surface area contributed by atoms with Gasteiger partial charge in [-0.25, -0.2) is 4.90 Å². The number of hydrogen-bond donors (Lipinski definition) is 0. The first-order valence-corrected chi connectivity index (χ1v) is 12.1. The molecular weight excluding hydrogens is 576 g/mol. The van der Waals surface area contributed by atoms with Crippen LogP contribution in [-0.4, -0.2) is 16.7 Å². The quantitative estimate of drug-likeness (QED) is 0.168. The average molecular weight is 589 g/mol. The van der Waals surface area contributed by atoms with E-state index >= 15 is 0 Å². The molecule has 0 aromatic heterocycles. The van der Waals surface area contributed by atoms with Crippen LogP contribution in [-0.2, 0) is 18.2 Å². The SMILES string of the molecule is O=C1[C@H]2[C@H](C(=O)N1c1cc([N+](=O)[O-])ccc1Cl)C1(Br)c3ccccc3C2(Br)c2ccccc21. The number of anilines is 1. The summed E-state index contributed by atoms with van der Waals surface area (Å²) in [4.78, 5) is 39.7. The van der Waals surface area contributed by atoms with E-state index in [9.17, 15) is 19.7 Å². The summed E-state index contributed by atoms with van der Waals surface area (Å²) in [5.41, 5.74) is 3.42. The van der Waals surface area contributed by atoms with Crippen molar-refractivity contribution in [3.8, 4) is 0 Å². The molecule has 0 N–H and O–H groups in total. The van der Waals surface area contributed by atoms with E-state index in [0.29, 0.717) is 0 Å². The average Bonchev–Trinajstić information content (AvgIpc) is 3.09. The smallest absolute Gasteiger partial charge is 0.271 e. The summed E-state index contributed by atoms with van der Waals surface area (Å²) >= 11 is 14.2. The van der Waals surface area contributed by atoms with Gasteiger partial charge in [0, 0.05) is 12.1 Å². The zero-order valence-electron chi connectivity index (χ0n) is 16.7. The highest BCUT2D eigenvalue weighted by atomic mass is 79.9. The Balaban J connectivity index is 1.64. The lowest BCUT2D eigenvalue weighted by molar-refractivity contribution is -0.384. The molecule has 3 aromatic rings. The highest BCUT2D eigenvalue weighted by Crippen LogP contribution is 2.71. The standard InChI is InChI=1S/C24H13Br2ClN2O4/c25-23-13-5-1-2-6-14(13)24(26,16-8-4-3-7-15(16)23)20-19(23)21(30)28(22(20)31)18-11-12(29(32)33)9-10-17(18)27/h1-11,19-20H/t19-,20-,23?,24?/m1/s1. The summed E-state index contributed by atoms with van der Waals surface area (Å²) in [6.07, 6.45) is 0. The molecule has 1 heterocycles. The predicted octanol–water partition coefficient (Wildman–Crippen LogP) is 5.66. The van der Waals surface area contributed by atoms with Gasteiger partial charge in [-0.05, 0) is 28.3 Å². The minimum atomic E-state index is -0.935. The Hall–Kier alpha value is -2.55. The van der Waals surface area contributed by atoms with Crippen LogP contribution in [0.25, 0.3) is 0 Å². The fourth-order valence-corrected chi connectivity index (χ4v) is 8.20. The molecule has 0 saturated carbocycles. The van der Waals surface area contributed by atoms with Gasteiger partial charge in [-0.3, -0.25) is 19.7 Å². The fourth-order valence-electron chi connectivity index (χ4n) is 5.69. The van der Waals surface area contributed by atoms with Crippen LogP contribution in [0.4, 0.5) is 11.4 Å². The van der Waals surface area contributed by atoms with Crippen molar-refractivity contribution in [1.82, 2.24) is 0 Å². The Labute approximate surface area is 209 Å². The van der Waals surface area contributed by atoms with Crippen LogP contribution in [0.3, 0.4) is 0 Å². The predicted molar refractivity (Wildman–Crippen MR) is 130 cm³/mol. The van der Waals surface area contributed by atoms with Crippen LogP contribution in [0.5, 0.6) is 0 Å². The van der Waals surface area contributed by atoms with Crippen LogP contribution in [0.15, 0.2) is 66.7 Å². The van der Waals surface area contributed by atoms with E-state index in [4.69, 9.17) is 11.6 Å². The second-order valence-corrected chi connectivity index (χ2v) is 11.3. The molecule has 0 radical (unpaired) electrons. The van der Waals surface area contributed by atoms with Gasteiger partial charge in [0.05, 0.1) is 36.1 Å². The lowest BCUT2D eigenvalue weighted by atomic mass is 9.54. The second-order valence-electron chi connectivity index (χ2n) is 8.37. The maximum atomic E-state index is 14.0. The van der Waals surface area contributed by atoms with Gasteiger partial charge in [0.25, 0.3) is 5.69 Å². The first-order chi connectivity index (χ1) is 15.7. The number of imide groups is 1. The lowest BCUT2D eigenvalue weighted by Crippen LogP contribution is -2.56. The molecule has 7 rings (SSSR count). The van der Waals surface area contributed by atoms with Crippen molar-refractivity contribution in [2.24, 2.45) is 11.8 Å². The minimum Gasteiger partial charge on any atom is -0.274 e. The number of benzene rings is 3. The molecule has 3 aromatic carbocycles. The maximum absolute atomic E-state index is 14.0. The number of halogens is 3. The van der Waals surface area contributed by atoms with Gasteiger partial charge in [-0.2, -0.15) is 0 Å². The van der Waals surface area contributed by atoms with E-state index in [0.717, 1.165) is 27.2 Å². The van der Waals surface area contributed by atoms with Gasteiger partial charge in [-0.15, -0.1) is 0 Å². The molecular formula is C24H13Br2ClN2O4. The summed E-state index contributed by atoms with van der Waals surface area (Å²) in [6, 6.07) is 19.3. The van der Waals surface area contributed by atoms with Crippen LogP contribution in [0.2, 0.25) is 5.02 Å². The monoisotopic (exact) mass is 586 g/mol. The van der Waals surface area contributed by atoms with Gasteiger partial charge < -0.3 is 0 Å². The second kappa shape index (κ2) is 6.74. The number of carbonyl (C=O) groups is 2. The molecule has 3 aliphatic carbocycles. The summed E-state index contributed by atoms with van der Waals surface area (Å²) in [7, 11) is 0. The Morgan fingerprint density at radius 3 is 1.64 bits per heavy atom. The van der Waals surface area contributed by atoms with Crippen molar-refractivity contribution in [1.29, 1.82) is 0 Å². The van der Waals surface area contributed by atoms with Gasteiger partial charge in [0.15, 0.2) is 0 Å². The zero-order chi connectivity index (χ0) is 23.3. The Morgan fingerprint density at radius 1 is 0.818 bits per heavy atom. The van der Waals surface area contributed by atoms with Crippen LogP contribution < -0.4 is 4.90 Å². The van der Waals surface area contributed by atoms with Crippen molar-refractivity contribution in [2.75, 3.05) is 4.90 Å². The van der Waals surface area contributed by atoms with E-state index in [1.54, 1.807) is 0 Å². The number of nitro benzene ring substituents is 1. The largest absolute Gasteiger partial charge is 0.274 e. The molecule has 2 bridgehead atoms. The van der Waals surface area contributed by atoms with E-state index < -0.39 is 37.2 Å². The third-order valence-corrected chi connectivity index (χ3v) is 9.98. The highest BCUT2D eigenvalue weighted by Gasteiger charge is 2.72. The van der Waals surface area contributed by atoms with E-state index in [-0.39, 0.29) is 16.4 Å². The van der Waals surface area contributed by atoms with Crippen molar-refractivity contribution < 1.29 is 14.5 Å². The number of nitro groups is 1. The number of amides is 2. The number of alkyl halides is 2. The molecule has 0 spiro atoms. The van der Waals surface area contributed by atoms with Crippen LogP contribution in [0.1, 0.15) is 22.3 Å². The number of nitrogens with zero attached hydrogens (tertiary/aromatic N) is 2. The zero-order valence-corrected chi connectivity index (χ0v) is 20.6. The summed E-state index contributed by atoms with van der Waals surface area (Å²) < 4.78 is -1.87. The Kier molecular flexibility index (Phi) is 4.29. The third-order valence-electron chi connectivity index (χ3n) is 6.97. The highest BCUT2D eigenvalue weighted by molar-refractivity contribution is 9.10. The normalized spacial score (nSPS) is 29.0. The van der Waals surface area contributed by atoms with Crippen molar-refractivity contribution in [3.63, 3.8) is 0 Å². The molecule has 0 unspecified atom stereocenters. The van der Waals surface area contributed by atoms with Crippen LogP contribution in [0, 0.1) is 22.0 Å². The number of rotatable bonds is 2. The van der Waals surface area contributed by atoms with Gasteiger partial charge in [0.1, 0.15) is 0 Å². The molecule has 6 nitrogen and oxygen atoms in total. The summed E-state index contributed by atoms with van der Waals surface area (Å²) in [5, 5.41) is 11.5. The summed E-state index contributed by atoms with van der Waals surface area (Å²) in [5.74, 6) is -2.44. The van der Waals surface area contributed by atoms with E-state index in [1.807, 2.05) is 48.5 Å². The van der Waals surface area contributed by atoms with Crippen LogP contribution >= 0.6 is 43.5 Å². The molecule has 1 saturated heterocycles. The first-order valence-electron chi connectivity index (χ1n) is 10.1. The molecule has 1 fully saturated rings. The Morgan fingerprint density at radius 2 is 1.24 bits per heavy atom. The van der Waals surface area contributed by atoms with Crippen molar-refractivity contribution in [3.05, 3.63) is 104 Å². The topological polar surface area (TPSA) is 80.5 Å². The van der Waals surface area contributed by atoms with E-state index in [1.165, 1.54) is 18.2 Å². The molecule has 2 amide bonds. The molecule has 2 atom stereocenters. The van der Waals surface area contributed by atoms with Gasteiger partial charge in [0.2, 0.25) is 11.8 Å². The van der Waals surface area contributed by atoms with Gasteiger partial charge in [-0.1, -0.05) is 92.0 Å². The Bertz CT molecular complexity index is 1300. The van der Waals surface area contributed by atoms with Crippen molar-refractivity contribution >= 4 is 66.6 Å². The number of carbonyl (C=O) groups excluding carboxylic acids is 2. The summed E-state index contributed by atoms with van der Waals surface area (Å²) in [6.45, 7) is 0. The van der Waals surface area contributed by atoms with Gasteiger partial charge >= 0.3 is 0 Å². The van der Waals surface area contributed by atoms with Crippen molar-refractivity contribution in [2.45, 2.75) is 8.65 Å². The molecule has 9 heteroatoms. The molecule has 33 heavy (non-hydrogen) atoms.